The number of rotatable bonds is 5. The summed E-state index contributed by atoms with van der Waals surface area (Å²) in [4.78, 5) is 7.07. The monoisotopic (exact) mass is 414 g/mol. The maximum absolute atomic E-state index is 4.84. The molecule has 1 saturated heterocycles. The van der Waals surface area contributed by atoms with Gasteiger partial charge in [0.2, 0.25) is 0 Å². The molecule has 150 valence electrons. The highest BCUT2D eigenvalue weighted by atomic mass is 32.2. The molecule has 0 unspecified atom stereocenters. The molecular weight excluding hydrogens is 392 g/mol. The second-order valence-corrected chi connectivity index (χ2v) is 8.32. The summed E-state index contributed by atoms with van der Waals surface area (Å²) in [6.45, 7) is 3.07. The minimum Gasteiger partial charge on any atom is -0.346 e. The number of thioether (sulfide) groups is 1. The molecule has 1 fully saturated rings. The van der Waals surface area contributed by atoms with Gasteiger partial charge >= 0.3 is 0 Å². The fourth-order valence-corrected chi connectivity index (χ4v) is 4.47. The highest BCUT2D eigenvalue weighted by Gasteiger charge is 2.19. The quantitative estimate of drug-likeness (QED) is 0.380. The summed E-state index contributed by atoms with van der Waals surface area (Å²) >= 11 is 1.93. The lowest BCUT2D eigenvalue weighted by molar-refractivity contribution is 0.864. The van der Waals surface area contributed by atoms with E-state index in [1.165, 1.54) is 5.56 Å². The van der Waals surface area contributed by atoms with Crippen molar-refractivity contribution >= 4 is 35.3 Å². The third-order valence-electron chi connectivity index (χ3n) is 4.99. The molecule has 2 aromatic carbocycles. The third-order valence-corrected chi connectivity index (χ3v) is 5.95. The van der Waals surface area contributed by atoms with Gasteiger partial charge < -0.3 is 4.90 Å². The fraction of sp³-hybridized carbons (Fsp3) is 0.174. The molecule has 3 heterocycles. The molecule has 0 saturated carbocycles. The minimum absolute atomic E-state index is 0.706. The van der Waals surface area contributed by atoms with Crippen LogP contribution in [0, 0.1) is 6.92 Å². The maximum atomic E-state index is 4.84. The van der Waals surface area contributed by atoms with E-state index in [4.69, 9.17) is 10.1 Å². The summed E-state index contributed by atoms with van der Waals surface area (Å²) in [6, 6.07) is 22.5. The van der Waals surface area contributed by atoms with E-state index in [2.05, 4.69) is 46.6 Å². The van der Waals surface area contributed by atoms with Gasteiger partial charge in [-0.05, 0) is 12.5 Å². The third kappa shape index (κ3) is 3.89. The topological polar surface area (TPSA) is 57.8 Å². The van der Waals surface area contributed by atoms with Gasteiger partial charge in [0.25, 0.3) is 0 Å². The summed E-state index contributed by atoms with van der Waals surface area (Å²) < 4.78 is 1.93. The zero-order valence-electron chi connectivity index (χ0n) is 16.7. The van der Waals surface area contributed by atoms with Crippen LogP contribution in [0.25, 0.3) is 16.9 Å². The molecule has 0 bridgehead atoms. The van der Waals surface area contributed by atoms with Crippen molar-refractivity contribution in [2.45, 2.75) is 6.92 Å². The number of anilines is 2. The Balaban J connectivity index is 1.50. The van der Waals surface area contributed by atoms with Gasteiger partial charge in [-0.2, -0.15) is 14.7 Å². The number of hydrogen-bond acceptors (Lipinski definition) is 6. The van der Waals surface area contributed by atoms with Crippen LogP contribution in [0.3, 0.4) is 0 Å². The summed E-state index contributed by atoms with van der Waals surface area (Å²) in [5.41, 5.74) is 8.16. The number of nitrogens with zero attached hydrogens (tertiary/aromatic N) is 5. The molecule has 4 aromatic rings. The molecule has 1 N–H and O–H groups in total. The van der Waals surface area contributed by atoms with Crippen molar-refractivity contribution < 1.29 is 0 Å². The zero-order valence-corrected chi connectivity index (χ0v) is 17.5. The number of hydrazone groups is 1. The van der Waals surface area contributed by atoms with E-state index >= 15 is 0 Å². The van der Waals surface area contributed by atoms with Gasteiger partial charge in [0.15, 0.2) is 11.5 Å². The Morgan fingerprint density at radius 1 is 1.07 bits per heavy atom. The molecule has 0 aliphatic carbocycles. The van der Waals surface area contributed by atoms with Gasteiger partial charge in [-0.25, -0.2) is 4.98 Å². The van der Waals surface area contributed by atoms with Crippen molar-refractivity contribution in [1.82, 2.24) is 14.6 Å². The standard InChI is InChI=1S/C23H22N6S/c1-17-6-5-7-18(12-17)15-24-26-21-14-23(28-10-11-30-16-28)29-22(25-21)13-20(27-29)19-8-3-2-4-9-19/h2-9,12-15H,10-11,16H2,1H3,(H,25,26)/b24-15+. The summed E-state index contributed by atoms with van der Waals surface area (Å²) in [7, 11) is 0. The Labute approximate surface area is 179 Å². The van der Waals surface area contributed by atoms with Crippen LogP contribution in [0.2, 0.25) is 0 Å². The summed E-state index contributed by atoms with van der Waals surface area (Å²) in [5, 5.41) is 9.24. The van der Waals surface area contributed by atoms with Crippen molar-refractivity contribution in [3.05, 3.63) is 77.9 Å². The van der Waals surface area contributed by atoms with Crippen molar-refractivity contribution in [2.24, 2.45) is 5.10 Å². The average Bonchev–Trinajstić information content (AvgIpc) is 3.44. The van der Waals surface area contributed by atoms with Crippen LogP contribution in [-0.4, -0.2) is 39.0 Å². The molecule has 5 rings (SSSR count). The Bertz CT molecular complexity index is 1200. The van der Waals surface area contributed by atoms with Gasteiger partial charge in [0.05, 0.1) is 17.8 Å². The Morgan fingerprint density at radius 2 is 1.97 bits per heavy atom. The molecule has 0 spiro atoms. The normalized spacial score (nSPS) is 14.1. The first-order valence-corrected chi connectivity index (χ1v) is 11.1. The predicted octanol–water partition coefficient (Wildman–Crippen LogP) is 4.66. The van der Waals surface area contributed by atoms with Gasteiger partial charge in [0.1, 0.15) is 5.82 Å². The van der Waals surface area contributed by atoms with Gasteiger partial charge in [-0.1, -0.05) is 60.2 Å². The number of aromatic nitrogens is 3. The van der Waals surface area contributed by atoms with Gasteiger partial charge in [-0.3, -0.25) is 5.43 Å². The van der Waals surface area contributed by atoms with E-state index < -0.39 is 0 Å². The van der Waals surface area contributed by atoms with Crippen LogP contribution >= 0.6 is 11.8 Å². The Hall–Kier alpha value is -3.32. The molecule has 30 heavy (non-hydrogen) atoms. The van der Waals surface area contributed by atoms with E-state index in [-0.39, 0.29) is 0 Å². The largest absolute Gasteiger partial charge is 0.346 e. The van der Waals surface area contributed by atoms with Crippen molar-refractivity contribution in [2.75, 3.05) is 28.5 Å². The number of aryl methyl sites for hydroxylation is 1. The molecule has 7 heteroatoms. The molecule has 0 amide bonds. The minimum atomic E-state index is 0.706. The van der Waals surface area contributed by atoms with Gasteiger partial charge in [-0.15, -0.1) is 11.8 Å². The number of benzene rings is 2. The Morgan fingerprint density at radius 3 is 2.77 bits per heavy atom. The first-order chi connectivity index (χ1) is 14.8. The van der Waals surface area contributed by atoms with E-state index in [1.54, 1.807) is 0 Å². The number of hydrogen-bond donors (Lipinski definition) is 1. The zero-order chi connectivity index (χ0) is 20.3. The SMILES string of the molecule is Cc1cccc(/C=N/Nc2cc(N3CCSC3)n3nc(-c4ccccc4)cc3n2)c1. The second kappa shape index (κ2) is 8.20. The number of fused-ring (bicyclic) bond motifs is 1. The average molecular weight is 415 g/mol. The van der Waals surface area contributed by atoms with Crippen molar-refractivity contribution in [3.8, 4) is 11.3 Å². The summed E-state index contributed by atoms with van der Waals surface area (Å²) in [5.74, 6) is 3.80. The lowest BCUT2D eigenvalue weighted by Gasteiger charge is -2.18. The molecule has 0 atom stereocenters. The molecule has 1 aliphatic rings. The molecule has 0 radical (unpaired) electrons. The molecule has 6 nitrogen and oxygen atoms in total. The smallest absolute Gasteiger partial charge is 0.160 e. The van der Waals surface area contributed by atoms with E-state index in [9.17, 15) is 0 Å². The van der Waals surface area contributed by atoms with Crippen LogP contribution in [0.4, 0.5) is 11.6 Å². The predicted molar refractivity (Wildman–Crippen MR) is 125 cm³/mol. The fourth-order valence-electron chi connectivity index (χ4n) is 3.51. The van der Waals surface area contributed by atoms with Crippen molar-refractivity contribution in [3.63, 3.8) is 0 Å². The van der Waals surface area contributed by atoms with Crippen molar-refractivity contribution in [1.29, 1.82) is 0 Å². The van der Waals surface area contributed by atoms with E-state index in [0.29, 0.717) is 5.82 Å². The molecule has 2 aromatic heterocycles. The lowest BCUT2D eigenvalue weighted by Crippen LogP contribution is -2.21. The van der Waals surface area contributed by atoms with Crippen LogP contribution in [0.5, 0.6) is 0 Å². The summed E-state index contributed by atoms with van der Waals surface area (Å²) in [6.07, 6.45) is 1.82. The van der Waals surface area contributed by atoms with Crippen LogP contribution < -0.4 is 10.3 Å². The number of nitrogens with one attached hydrogen (secondary N) is 1. The highest BCUT2D eigenvalue weighted by Crippen LogP contribution is 2.28. The molecule has 1 aliphatic heterocycles. The maximum Gasteiger partial charge on any atom is 0.160 e. The first kappa shape index (κ1) is 18.7. The van der Waals surface area contributed by atoms with Crippen LogP contribution in [-0.2, 0) is 0 Å². The van der Waals surface area contributed by atoms with E-state index in [1.807, 2.05) is 65.0 Å². The molecular formula is C23H22N6S. The lowest BCUT2D eigenvalue weighted by atomic mass is 10.2. The van der Waals surface area contributed by atoms with Gasteiger partial charge in [0, 0.05) is 30.0 Å². The van der Waals surface area contributed by atoms with Crippen LogP contribution in [0.15, 0.2) is 71.8 Å². The van der Waals surface area contributed by atoms with Crippen LogP contribution in [0.1, 0.15) is 11.1 Å². The first-order valence-electron chi connectivity index (χ1n) is 9.91. The highest BCUT2D eigenvalue weighted by molar-refractivity contribution is 7.99. The Kier molecular flexibility index (Phi) is 5.11. The van der Waals surface area contributed by atoms with E-state index in [0.717, 1.165) is 46.5 Å². The second-order valence-electron chi connectivity index (χ2n) is 7.25.